The zero-order chi connectivity index (χ0) is 13.7. The van der Waals surface area contributed by atoms with Crippen LogP contribution in [0.5, 0.6) is 5.75 Å². The van der Waals surface area contributed by atoms with Crippen LogP contribution in [0.1, 0.15) is 37.5 Å². The van der Waals surface area contributed by atoms with E-state index in [4.69, 9.17) is 4.74 Å². The molecule has 2 aromatic rings. The molecule has 2 rings (SSSR count). The zero-order valence-corrected chi connectivity index (χ0v) is 11.4. The number of para-hydroxylation sites is 1. The highest BCUT2D eigenvalue weighted by Gasteiger charge is 2.16. The second kappa shape index (κ2) is 6.38. The average molecular weight is 260 g/mol. The van der Waals surface area contributed by atoms with E-state index in [0.29, 0.717) is 6.61 Å². The molecule has 1 atom stereocenters. The lowest BCUT2D eigenvalue weighted by atomic mass is 10.0. The minimum Gasteiger partial charge on any atom is -0.493 e. The van der Waals surface area contributed by atoms with Gasteiger partial charge in [0.1, 0.15) is 11.9 Å². The van der Waals surface area contributed by atoms with Crippen LogP contribution in [0, 0.1) is 0 Å². The first-order chi connectivity index (χ1) is 9.26. The summed E-state index contributed by atoms with van der Waals surface area (Å²) in [5, 5.41) is 14.7. The fourth-order valence-corrected chi connectivity index (χ4v) is 2.05. The van der Waals surface area contributed by atoms with Gasteiger partial charge in [0.15, 0.2) is 0 Å². The molecule has 0 amide bonds. The predicted molar refractivity (Wildman–Crippen MR) is 74.2 cm³/mol. The summed E-state index contributed by atoms with van der Waals surface area (Å²) in [5.74, 6) is 0.723. The molecule has 4 nitrogen and oxygen atoms in total. The van der Waals surface area contributed by atoms with Crippen molar-refractivity contribution in [1.29, 1.82) is 0 Å². The largest absolute Gasteiger partial charge is 0.493 e. The molecule has 0 aliphatic carbocycles. The molecule has 0 spiro atoms. The molecule has 0 bridgehead atoms. The van der Waals surface area contributed by atoms with Gasteiger partial charge in [0.2, 0.25) is 0 Å². The standard InChI is InChI=1S/C15H20N2O2/c1-3-9-17-11-12(10-16-17)15(18)13-7-5-6-8-14(13)19-4-2/h5-8,10-11,15,18H,3-4,9H2,1-2H3. The number of aromatic nitrogens is 2. The lowest BCUT2D eigenvalue weighted by Crippen LogP contribution is -2.03. The van der Waals surface area contributed by atoms with Crippen molar-refractivity contribution in [3.8, 4) is 5.75 Å². The first-order valence-corrected chi connectivity index (χ1v) is 6.68. The van der Waals surface area contributed by atoms with Crippen molar-refractivity contribution in [3.05, 3.63) is 47.8 Å². The summed E-state index contributed by atoms with van der Waals surface area (Å²) in [6.45, 7) is 5.48. The topological polar surface area (TPSA) is 47.3 Å². The van der Waals surface area contributed by atoms with Crippen LogP contribution in [-0.4, -0.2) is 21.5 Å². The normalized spacial score (nSPS) is 12.4. The third-order valence-electron chi connectivity index (χ3n) is 2.94. The second-order valence-corrected chi connectivity index (χ2v) is 4.41. The van der Waals surface area contributed by atoms with Gasteiger partial charge in [-0.2, -0.15) is 5.10 Å². The molecule has 4 heteroatoms. The van der Waals surface area contributed by atoms with Crippen molar-refractivity contribution >= 4 is 0 Å². The van der Waals surface area contributed by atoms with Crippen LogP contribution >= 0.6 is 0 Å². The van der Waals surface area contributed by atoms with Crippen molar-refractivity contribution in [2.45, 2.75) is 32.9 Å². The van der Waals surface area contributed by atoms with Crippen LogP contribution in [0.25, 0.3) is 0 Å². The zero-order valence-electron chi connectivity index (χ0n) is 11.4. The summed E-state index contributed by atoms with van der Waals surface area (Å²) in [4.78, 5) is 0. The SMILES string of the molecule is CCCn1cc(C(O)c2ccccc2OCC)cn1. The summed E-state index contributed by atoms with van der Waals surface area (Å²) in [5.41, 5.74) is 1.57. The van der Waals surface area contributed by atoms with Gasteiger partial charge in [-0.05, 0) is 19.4 Å². The highest BCUT2D eigenvalue weighted by atomic mass is 16.5. The van der Waals surface area contributed by atoms with Gasteiger partial charge in [-0.25, -0.2) is 0 Å². The Bertz CT molecular complexity index is 522. The van der Waals surface area contributed by atoms with E-state index in [1.54, 1.807) is 6.20 Å². The van der Waals surface area contributed by atoms with Crippen molar-refractivity contribution in [1.82, 2.24) is 9.78 Å². The van der Waals surface area contributed by atoms with Crippen LogP contribution in [0.4, 0.5) is 0 Å². The van der Waals surface area contributed by atoms with E-state index in [2.05, 4.69) is 12.0 Å². The number of benzene rings is 1. The molecule has 0 saturated carbocycles. The lowest BCUT2D eigenvalue weighted by molar-refractivity contribution is 0.212. The van der Waals surface area contributed by atoms with Gasteiger partial charge in [-0.15, -0.1) is 0 Å². The number of aryl methyl sites for hydroxylation is 1. The van der Waals surface area contributed by atoms with Gasteiger partial charge in [0.05, 0.1) is 12.8 Å². The Morgan fingerprint density at radius 2 is 2.11 bits per heavy atom. The van der Waals surface area contributed by atoms with Crippen LogP contribution in [0.2, 0.25) is 0 Å². The number of hydrogen-bond acceptors (Lipinski definition) is 3. The number of hydrogen-bond donors (Lipinski definition) is 1. The molecule has 102 valence electrons. The molecular formula is C15H20N2O2. The minimum atomic E-state index is -0.701. The summed E-state index contributed by atoms with van der Waals surface area (Å²) >= 11 is 0. The molecule has 1 aromatic heterocycles. The van der Waals surface area contributed by atoms with E-state index in [1.165, 1.54) is 0 Å². The highest BCUT2D eigenvalue weighted by molar-refractivity contribution is 5.39. The van der Waals surface area contributed by atoms with Gasteiger partial charge in [0.25, 0.3) is 0 Å². The molecule has 0 saturated heterocycles. The summed E-state index contributed by atoms with van der Waals surface area (Å²) < 4.78 is 7.40. The molecule has 0 aliphatic heterocycles. The van der Waals surface area contributed by atoms with E-state index >= 15 is 0 Å². The number of rotatable bonds is 6. The molecule has 0 fully saturated rings. The highest BCUT2D eigenvalue weighted by Crippen LogP contribution is 2.29. The lowest BCUT2D eigenvalue weighted by Gasteiger charge is -2.14. The fourth-order valence-electron chi connectivity index (χ4n) is 2.05. The summed E-state index contributed by atoms with van der Waals surface area (Å²) in [6.07, 6.45) is 3.92. The van der Waals surface area contributed by atoms with Gasteiger partial charge < -0.3 is 9.84 Å². The number of aliphatic hydroxyl groups excluding tert-OH is 1. The number of aliphatic hydroxyl groups is 1. The van der Waals surface area contributed by atoms with Crippen LogP contribution in [0.15, 0.2) is 36.7 Å². The molecule has 1 aromatic carbocycles. The minimum absolute atomic E-state index is 0.582. The van der Waals surface area contributed by atoms with Gasteiger partial charge in [-0.3, -0.25) is 4.68 Å². The van der Waals surface area contributed by atoms with E-state index in [-0.39, 0.29) is 0 Å². The Balaban J connectivity index is 2.24. The van der Waals surface area contributed by atoms with Crippen molar-refractivity contribution < 1.29 is 9.84 Å². The fraction of sp³-hybridized carbons (Fsp3) is 0.400. The smallest absolute Gasteiger partial charge is 0.125 e. The van der Waals surface area contributed by atoms with Gasteiger partial charge in [0, 0.05) is 23.9 Å². The quantitative estimate of drug-likeness (QED) is 0.868. The van der Waals surface area contributed by atoms with Crippen molar-refractivity contribution in [2.75, 3.05) is 6.61 Å². The van der Waals surface area contributed by atoms with E-state index < -0.39 is 6.10 Å². The molecule has 1 heterocycles. The van der Waals surface area contributed by atoms with Crippen LogP contribution in [-0.2, 0) is 6.54 Å². The third-order valence-corrected chi connectivity index (χ3v) is 2.94. The van der Waals surface area contributed by atoms with Crippen LogP contribution in [0.3, 0.4) is 0 Å². The Labute approximate surface area is 113 Å². The van der Waals surface area contributed by atoms with Crippen molar-refractivity contribution in [2.24, 2.45) is 0 Å². The molecule has 1 unspecified atom stereocenters. The van der Waals surface area contributed by atoms with Crippen LogP contribution < -0.4 is 4.74 Å². The predicted octanol–water partition coefficient (Wildman–Crippen LogP) is 2.77. The first kappa shape index (κ1) is 13.6. The van der Waals surface area contributed by atoms with Gasteiger partial charge >= 0.3 is 0 Å². The monoisotopic (exact) mass is 260 g/mol. The second-order valence-electron chi connectivity index (χ2n) is 4.41. The Morgan fingerprint density at radius 1 is 1.32 bits per heavy atom. The molecule has 1 N–H and O–H groups in total. The molecule has 0 aliphatic rings. The van der Waals surface area contributed by atoms with E-state index in [9.17, 15) is 5.11 Å². The summed E-state index contributed by atoms with van der Waals surface area (Å²) in [6, 6.07) is 7.56. The number of ether oxygens (including phenoxy) is 1. The Hall–Kier alpha value is -1.81. The molecule has 0 radical (unpaired) electrons. The molecular weight excluding hydrogens is 240 g/mol. The van der Waals surface area contributed by atoms with E-state index in [0.717, 1.165) is 29.8 Å². The summed E-state index contributed by atoms with van der Waals surface area (Å²) in [7, 11) is 0. The van der Waals surface area contributed by atoms with Gasteiger partial charge in [-0.1, -0.05) is 25.1 Å². The van der Waals surface area contributed by atoms with Crippen molar-refractivity contribution in [3.63, 3.8) is 0 Å². The maximum atomic E-state index is 10.4. The maximum absolute atomic E-state index is 10.4. The maximum Gasteiger partial charge on any atom is 0.125 e. The Kier molecular flexibility index (Phi) is 4.58. The van der Waals surface area contributed by atoms with E-state index in [1.807, 2.05) is 42.1 Å². The first-order valence-electron chi connectivity index (χ1n) is 6.68. The third kappa shape index (κ3) is 3.15. The Morgan fingerprint density at radius 3 is 2.84 bits per heavy atom. The number of nitrogens with zero attached hydrogens (tertiary/aromatic N) is 2. The molecule has 19 heavy (non-hydrogen) atoms. The average Bonchev–Trinajstić information content (AvgIpc) is 2.88.